The number of hydrogen-bond acceptors (Lipinski definition) is 7. The van der Waals surface area contributed by atoms with E-state index in [1.165, 1.54) is 11.3 Å². The van der Waals surface area contributed by atoms with E-state index >= 15 is 0 Å². The van der Waals surface area contributed by atoms with Crippen molar-refractivity contribution in [3.8, 4) is 0 Å². The summed E-state index contributed by atoms with van der Waals surface area (Å²) in [5, 5.41) is 4.12. The largest absolute Gasteiger partial charge is 0.307 e. The van der Waals surface area contributed by atoms with Crippen molar-refractivity contribution >= 4 is 31.7 Å². The highest BCUT2D eigenvalue weighted by Gasteiger charge is 2.27. The van der Waals surface area contributed by atoms with Crippen molar-refractivity contribution in [3.05, 3.63) is 17.4 Å². The predicted octanol–water partition coefficient (Wildman–Crippen LogP) is 0.363. The number of fused-ring (bicyclic) bond motifs is 1. The van der Waals surface area contributed by atoms with Gasteiger partial charge in [0, 0.05) is 25.0 Å². The molecule has 0 aliphatic carbocycles. The Labute approximate surface area is 108 Å². The Balaban J connectivity index is 1.67. The molecule has 3 heterocycles. The van der Waals surface area contributed by atoms with Crippen LogP contribution in [0.1, 0.15) is 11.4 Å². The molecule has 2 aromatic heterocycles. The molecule has 2 aromatic rings. The van der Waals surface area contributed by atoms with E-state index in [-0.39, 0.29) is 17.5 Å². The maximum atomic E-state index is 11.3. The average molecular weight is 284 g/mol. The molecular formula is C10H12N4O2S2. The maximum absolute atomic E-state index is 11.3. The topological polar surface area (TPSA) is 84.8 Å². The minimum Gasteiger partial charge on any atom is -0.307 e. The number of thiazole rings is 1. The van der Waals surface area contributed by atoms with Gasteiger partial charge in [0.15, 0.2) is 20.3 Å². The zero-order valence-electron chi connectivity index (χ0n) is 9.54. The molecule has 18 heavy (non-hydrogen) atoms. The van der Waals surface area contributed by atoms with Crippen LogP contribution in [-0.4, -0.2) is 40.9 Å². The van der Waals surface area contributed by atoms with Gasteiger partial charge in [-0.15, -0.1) is 0 Å². The maximum Gasteiger partial charge on any atom is 0.189 e. The Hall–Kier alpha value is -1.12. The molecule has 1 fully saturated rings. The van der Waals surface area contributed by atoms with E-state index in [4.69, 9.17) is 0 Å². The molecule has 0 radical (unpaired) electrons. The van der Waals surface area contributed by atoms with Crippen LogP contribution in [-0.2, 0) is 16.4 Å². The lowest BCUT2D eigenvalue weighted by molar-refractivity contribution is 0.553. The van der Waals surface area contributed by atoms with Crippen molar-refractivity contribution in [3.63, 3.8) is 0 Å². The molecule has 96 valence electrons. The Morgan fingerprint density at radius 1 is 1.39 bits per heavy atom. The average Bonchev–Trinajstić information content (AvgIpc) is 2.89. The van der Waals surface area contributed by atoms with E-state index in [0.717, 1.165) is 9.84 Å². The Morgan fingerprint density at radius 3 is 2.94 bits per heavy atom. The molecule has 1 saturated heterocycles. The first-order valence-electron chi connectivity index (χ1n) is 5.63. The van der Waals surface area contributed by atoms with Crippen LogP contribution in [0.15, 0.2) is 12.4 Å². The summed E-state index contributed by atoms with van der Waals surface area (Å²) in [6, 6.07) is 0.0444. The van der Waals surface area contributed by atoms with E-state index in [1.807, 2.05) is 0 Å². The van der Waals surface area contributed by atoms with E-state index in [1.54, 1.807) is 12.4 Å². The molecule has 1 atom stereocenters. The molecule has 0 aromatic carbocycles. The molecule has 0 saturated carbocycles. The highest BCUT2D eigenvalue weighted by atomic mass is 32.2. The van der Waals surface area contributed by atoms with E-state index in [0.29, 0.717) is 18.6 Å². The van der Waals surface area contributed by atoms with Crippen LogP contribution in [0.25, 0.3) is 10.5 Å². The van der Waals surface area contributed by atoms with Gasteiger partial charge in [0.1, 0.15) is 5.01 Å². The molecule has 6 nitrogen and oxygen atoms in total. The summed E-state index contributed by atoms with van der Waals surface area (Å²) in [7, 11) is -2.83. The molecule has 0 amide bonds. The second kappa shape index (κ2) is 4.52. The minimum absolute atomic E-state index is 0.0444. The molecule has 1 aliphatic rings. The van der Waals surface area contributed by atoms with Gasteiger partial charge in [0.05, 0.1) is 11.5 Å². The van der Waals surface area contributed by atoms with Crippen molar-refractivity contribution < 1.29 is 8.42 Å². The summed E-state index contributed by atoms with van der Waals surface area (Å²) in [6.07, 6.45) is 3.94. The van der Waals surface area contributed by atoms with Crippen molar-refractivity contribution in [1.29, 1.82) is 0 Å². The van der Waals surface area contributed by atoms with Gasteiger partial charge in [-0.3, -0.25) is 0 Å². The number of sulfone groups is 1. The zero-order valence-corrected chi connectivity index (χ0v) is 11.2. The second-order valence-corrected chi connectivity index (χ2v) is 7.56. The SMILES string of the molecule is O=S1(=O)CCC(NCc2nc3nccnc3s2)C1. The van der Waals surface area contributed by atoms with Crippen LogP contribution in [0.4, 0.5) is 0 Å². The number of aromatic nitrogens is 3. The fourth-order valence-electron chi connectivity index (χ4n) is 1.98. The summed E-state index contributed by atoms with van der Waals surface area (Å²) in [4.78, 5) is 13.4. The van der Waals surface area contributed by atoms with Crippen LogP contribution in [0.2, 0.25) is 0 Å². The summed E-state index contributed by atoms with van der Waals surface area (Å²) in [5.74, 6) is 0.516. The quantitative estimate of drug-likeness (QED) is 0.876. The monoisotopic (exact) mass is 284 g/mol. The Kier molecular flexibility index (Phi) is 3.00. The molecule has 0 bridgehead atoms. The van der Waals surface area contributed by atoms with Gasteiger partial charge in [-0.25, -0.2) is 23.4 Å². The molecule has 1 unspecified atom stereocenters. The summed E-state index contributed by atoms with van der Waals surface area (Å²) in [5.41, 5.74) is 0.651. The molecule has 1 aliphatic heterocycles. The third-order valence-electron chi connectivity index (χ3n) is 2.87. The van der Waals surface area contributed by atoms with Crippen LogP contribution in [0.5, 0.6) is 0 Å². The minimum atomic E-state index is -2.83. The number of rotatable bonds is 3. The van der Waals surface area contributed by atoms with Crippen molar-refractivity contribution in [2.45, 2.75) is 19.0 Å². The van der Waals surface area contributed by atoms with E-state index < -0.39 is 9.84 Å². The van der Waals surface area contributed by atoms with Crippen molar-refractivity contribution in [2.75, 3.05) is 11.5 Å². The number of hydrogen-bond donors (Lipinski definition) is 1. The van der Waals surface area contributed by atoms with E-state index in [9.17, 15) is 8.42 Å². The van der Waals surface area contributed by atoms with Crippen LogP contribution in [0.3, 0.4) is 0 Å². The predicted molar refractivity (Wildman–Crippen MR) is 69.1 cm³/mol. The third kappa shape index (κ3) is 2.50. The first kappa shape index (κ1) is 11.9. The summed E-state index contributed by atoms with van der Waals surface area (Å²) in [6.45, 7) is 0.572. The van der Waals surface area contributed by atoms with Crippen LogP contribution in [0, 0.1) is 0 Å². The second-order valence-electron chi connectivity index (χ2n) is 4.27. The number of nitrogens with zero attached hydrogens (tertiary/aromatic N) is 3. The normalized spacial score (nSPS) is 22.6. The van der Waals surface area contributed by atoms with Gasteiger partial charge in [0.2, 0.25) is 0 Å². The fourth-order valence-corrected chi connectivity index (χ4v) is 4.50. The first-order valence-corrected chi connectivity index (χ1v) is 8.26. The van der Waals surface area contributed by atoms with E-state index in [2.05, 4.69) is 20.3 Å². The van der Waals surface area contributed by atoms with Crippen molar-refractivity contribution in [1.82, 2.24) is 20.3 Å². The van der Waals surface area contributed by atoms with Gasteiger partial charge >= 0.3 is 0 Å². The van der Waals surface area contributed by atoms with Crippen LogP contribution >= 0.6 is 11.3 Å². The molecule has 0 spiro atoms. The molecule has 3 rings (SSSR count). The lowest BCUT2D eigenvalue weighted by Gasteiger charge is -2.07. The molecule has 1 N–H and O–H groups in total. The lowest BCUT2D eigenvalue weighted by atomic mass is 10.3. The first-order chi connectivity index (χ1) is 8.62. The fraction of sp³-hybridized carbons (Fsp3) is 0.500. The molecule has 8 heteroatoms. The van der Waals surface area contributed by atoms with Gasteiger partial charge in [-0.2, -0.15) is 0 Å². The molecular weight excluding hydrogens is 272 g/mol. The Bertz CT molecular complexity index is 634. The zero-order chi connectivity index (χ0) is 12.6. The standard InChI is InChI=1S/C10H12N4O2S2/c15-18(16)4-1-7(6-18)13-5-8-14-9-10(17-8)12-3-2-11-9/h2-3,7,13H,1,4-6H2. The lowest BCUT2D eigenvalue weighted by Crippen LogP contribution is -2.29. The third-order valence-corrected chi connectivity index (χ3v) is 5.59. The van der Waals surface area contributed by atoms with Gasteiger partial charge in [0.25, 0.3) is 0 Å². The summed E-state index contributed by atoms with van der Waals surface area (Å²) < 4.78 is 22.6. The van der Waals surface area contributed by atoms with Gasteiger partial charge < -0.3 is 5.32 Å². The highest BCUT2D eigenvalue weighted by Crippen LogP contribution is 2.18. The highest BCUT2D eigenvalue weighted by molar-refractivity contribution is 7.91. The van der Waals surface area contributed by atoms with Gasteiger partial charge in [-0.05, 0) is 6.42 Å². The van der Waals surface area contributed by atoms with Gasteiger partial charge in [-0.1, -0.05) is 11.3 Å². The smallest absolute Gasteiger partial charge is 0.189 e. The van der Waals surface area contributed by atoms with Crippen LogP contribution < -0.4 is 5.32 Å². The number of nitrogens with one attached hydrogen (secondary N) is 1. The Morgan fingerprint density at radius 2 is 2.22 bits per heavy atom. The van der Waals surface area contributed by atoms with Crippen molar-refractivity contribution in [2.24, 2.45) is 0 Å². The summed E-state index contributed by atoms with van der Waals surface area (Å²) >= 11 is 1.48.